The summed E-state index contributed by atoms with van der Waals surface area (Å²) < 4.78 is 0. The second-order valence-electron chi connectivity index (χ2n) is 5.02. The quantitative estimate of drug-likeness (QED) is 0.735. The third-order valence-corrected chi connectivity index (χ3v) is 3.91. The number of aliphatic carboxylic acids is 1. The molecular weight excluding hydrogens is 220 g/mol. The molecule has 5 heteroatoms. The Bertz CT molecular complexity index is 319. The Labute approximate surface area is 101 Å². The maximum Gasteiger partial charge on any atom is 0.326 e. The molecule has 2 aliphatic heterocycles. The smallest absolute Gasteiger partial charge is 0.326 e. The van der Waals surface area contributed by atoms with Gasteiger partial charge in [0.25, 0.3) is 0 Å². The van der Waals surface area contributed by atoms with E-state index in [1.165, 1.54) is 0 Å². The monoisotopic (exact) mass is 240 g/mol. The summed E-state index contributed by atoms with van der Waals surface area (Å²) in [6.07, 6.45) is 3.24. The number of carbonyl (C=O) groups excluding carboxylic acids is 1. The molecule has 96 valence electrons. The van der Waals surface area contributed by atoms with Crippen molar-refractivity contribution >= 4 is 11.9 Å². The average molecular weight is 240 g/mol. The summed E-state index contributed by atoms with van der Waals surface area (Å²) in [4.78, 5) is 25.1. The number of piperidine rings is 1. The normalized spacial score (nSPS) is 33.7. The summed E-state index contributed by atoms with van der Waals surface area (Å²) in [5.74, 6) is -0.888. The summed E-state index contributed by atoms with van der Waals surface area (Å²) in [7, 11) is 0. The molecule has 0 aromatic carbocycles. The molecule has 17 heavy (non-hydrogen) atoms. The van der Waals surface area contributed by atoms with E-state index in [0.29, 0.717) is 13.0 Å². The van der Waals surface area contributed by atoms with Gasteiger partial charge in [0.15, 0.2) is 0 Å². The molecule has 0 saturated carbocycles. The van der Waals surface area contributed by atoms with Crippen molar-refractivity contribution in [2.24, 2.45) is 5.92 Å². The molecule has 0 aromatic heterocycles. The zero-order valence-electron chi connectivity index (χ0n) is 10.2. The number of carboxylic acids is 1. The van der Waals surface area contributed by atoms with Gasteiger partial charge in [-0.1, -0.05) is 0 Å². The first-order valence-electron chi connectivity index (χ1n) is 6.38. The summed E-state index contributed by atoms with van der Waals surface area (Å²) in [5.41, 5.74) is 0. The molecule has 2 rings (SSSR count). The number of carbonyl (C=O) groups is 2. The van der Waals surface area contributed by atoms with E-state index in [4.69, 9.17) is 5.11 Å². The lowest BCUT2D eigenvalue weighted by Gasteiger charge is -2.35. The van der Waals surface area contributed by atoms with Crippen LogP contribution in [0, 0.1) is 5.92 Å². The lowest BCUT2D eigenvalue weighted by molar-refractivity contribution is -0.154. The van der Waals surface area contributed by atoms with E-state index < -0.39 is 12.0 Å². The molecule has 2 N–H and O–H groups in total. The van der Waals surface area contributed by atoms with Crippen LogP contribution in [0.4, 0.5) is 0 Å². The van der Waals surface area contributed by atoms with Crippen molar-refractivity contribution in [3.8, 4) is 0 Å². The molecule has 1 amide bonds. The van der Waals surface area contributed by atoms with Gasteiger partial charge in [0.05, 0.1) is 5.92 Å². The molecule has 2 fully saturated rings. The fourth-order valence-electron chi connectivity index (χ4n) is 2.86. The number of likely N-dealkylation sites (tertiary alicyclic amines) is 1. The molecule has 0 bridgehead atoms. The topological polar surface area (TPSA) is 69.6 Å². The largest absolute Gasteiger partial charge is 0.480 e. The first-order valence-corrected chi connectivity index (χ1v) is 6.38. The lowest BCUT2D eigenvalue weighted by Crippen LogP contribution is -2.51. The minimum absolute atomic E-state index is 0.0228. The van der Waals surface area contributed by atoms with Crippen LogP contribution >= 0.6 is 0 Å². The predicted molar refractivity (Wildman–Crippen MR) is 62.6 cm³/mol. The highest BCUT2D eigenvalue weighted by Crippen LogP contribution is 2.24. The number of hydrogen-bond donors (Lipinski definition) is 2. The maximum absolute atomic E-state index is 12.3. The highest BCUT2D eigenvalue weighted by molar-refractivity contribution is 5.86. The van der Waals surface area contributed by atoms with Crippen LogP contribution in [0.1, 0.15) is 32.6 Å². The van der Waals surface area contributed by atoms with Crippen LogP contribution in [-0.4, -0.2) is 47.1 Å². The number of hydrogen-bond acceptors (Lipinski definition) is 3. The Balaban J connectivity index is 2.08. The zero-order valence-corrected chi connectivity index (χ0v) is 10.2. The van der Waals surface area contributed by atoms with E-state index in [9.17, 15) is 9.59 Å². The fourth-order valence-corrected chi connectivity index (χ4v) is 2.86. The standard InChI is InChI=1S/C12H20N2O3/c1-8-9(5-6-13-8)11(15)14-7-3-2-4-10(14)12(16)17/h8-10,13H,2-7H2,1H3,(H,16,17). The van der Waals surface area contributed by atoms with Crippen molar-refractivity contribution in [3.05, 3.63) is 0 Å². The number of rotatable bonds is 2. The SMILES string of the molecule is CC1NCCC1C(=O)N1CCCCC1C(=O)O. The zero-order chi connectivity index (χ0) is 12.4. The second-order valence-corrected chi connectivity index (χ2v) is 5.02. The molecular formula is C12H20N2O3. The highest BCUT2D eigenvalue weighted by atomic mass is 16.4. The lowest BCUT2D eigenvalue weighted by atomic mass is 9.95. The summed E-state index contributed by atoms with van der Waals surface area (Å²) in [6.45, 7) is 3.44. The molecule has 0 spiro atoms. The van der Waals surface area contributed by atoms with Crippen molar-refractivity contribution in [2.75, 3.05) is 13.1 Å². The Hall–Kier alpha value is -1.10. The van der Waals surface area contributed by atoms with Crippen molar-refractivity contribution in [1.29, 1.82) is 0 Å². The molecule has 0 aliphatic carbocycles. The predicted octanol–water partition coefficient (Wildman–Crippen LogP) is 0.450. The van der Waals surface area contributed by atoms with Gasteiger partial charge < -0.3 is 15.3 Å². The first-order chi connectivity index (χ1) is 8.11. The molecule has 3 atom stereocenters. The van der Waals surface area contributed by atoms with Crippen LogP contribution in [0.2, 0.25) is 0 Å². The van der Waals surface area contributed by atoms with Gasteiger partial charge in [0, 0.05) is 12.6 Å². The minimum atomic E-state index is -0.864. The number of amides is 1. The van der Waals surface area contributed by atoms with Gasteiger partial charge in [-0.25, -0.2) is 4.79 Å². The van der Waals surface area contributed by atoms with Crippen LogP contribution in [0.15, 0.2) is 0 Å². The molecule has 2 saturated heterocycles. The molecule has 3 unspecified atom stereocenters. The molecule has 2 aliphatic rings. The van der Waals surface area contributed by atoms with Crippen LogP contribution in [-0.2, 0) is 9.59 Å². The fraction of sp³-hybridized carbons (Fsp3) is 0.833. The Morgan fingerprint density at radius 3 is 2.65 bits per heavy atom. The molecule has 2 heterocycles. The Morgan fingerprint density at radius 2 is 2.06 bits per heavy atom. The third-order valence-electron chi connectivity index (χ3n) is 3.91. The van der Waals surface area contributed by atoms with Gasteiger partial charge in [0.1, 0.15) is 6.04 Å². The van der Waals surface area contributed by atoms with Gasteiger partial charge in [0.2, 0.25) is 5.91 Å². The van der Waals surface area contributed by atoms with Gasteiger partial charge in [-0.05, 0) is 39.2 Å². The second kappa shape index (κ2) is 5.04. The molecule has 5 nitrogen and oxygen atoms in total. The van der Waals surface area contributed by atoms with Crippen molar-refractivity contribution in [1.82, 2.24) is 10.2 Å². The van der Waals surface area contributed by atoms with E-state index in [2.05, 4.69) is 5.32 Å². The maximum atomic E-state index is 12.3. The first kappa shape index (κ1) is 12.4. The van der Waals surface area contributed by atoms with E-state index >= 15 is 0 Å². The van der Waals surface area contributed by atoms with Crippen molar-refractivity contribution < 1.29 is 14.7 Å². The highest BCUT2D eigenvalue weighted by Gasteiger charge is 2.38. The van der Waals surface area contributed by atoms with Gasteiger partial charge in [-0.3, -0.25) is 4.79 Å². The van der Waals surface area contributed by atoms with Crippen LogP contribution in [0.5, 0.6) is 0 Å². The van der Waals surface area contributed by atoms with E-state index in [1.54, 1.807) is 4.90 Å². The van der Waals surface area contributed by atoms with Gasteiger partial charge in [-0.15, -0.1) is 0 Å². The number of nitrogens with zero attached hydrogens (tertiary/aromatic N) is 1. The van der Waals surface area contributed by atoms with Crippen LogP contribution in [0.25, 0.3) is 0 Å². The Kier molecular flexibility index (Phi) is 3.66. The summed E-state index contributed by atoms with van der Waals surface area (Å²) in [6, 6.07) is -0.442. The summed E-state index contributed by atoms with van der Waals surface area (Å²) in [5, 5.41) is 12.4. The molecule has 0 radical (unpaired) electrons. The van der Waals surface area contributed by atoms with Crippen LogP contribution < -0.4 is 5.32 Å². The summed E-state index contributed by atoms with van der Waals surface area (Å²) >= 11 is 0. The van der Waals surface area contributed by atoms with Crippen molar-refractivity contribution in [2.45, 2.75) is 44.7 Å². The van der Waals surface area contributed by atoms with E-state index in [0.717, 1.165) is 25.8 Å². The molecule has 0 aromatic rings. The number of nitrogens with one attached hydrogen (secondary N) is 1. The minimum Gasteiger partial charge on any atom is -0.480 e. The van der Waals surface area contributed by atoms with Crippen molar-refractivity contribution in [3.63, 3.8) is 0 Å². The van der Waals surface area contributed by atoms with E-state index in [-0.39, 0.29) is 17.9 Å². The van der Waals surface area contributed by atoms with Gasteiger partial charge >= 0.3 is 5.97 Å². The Morgan fingerprint density at radius 1 is 1.29 bits per heavy atom. The van der Waals surface area contributed by atoms with Crippen LogP contribution in [0.3, 0.4) is 0 Å². The average Bonchev–Trinajstić information content (AvgIpc) is 2.74. The third kappa shape index (κ3) is 2.44. The van der Waals surface area contributed by atoms with E-state index in [1.807, 2.05) is 6.92 Å². The number of carboxylic acid groups (broad SMARTS) is 1. The van der Waals surface area contributed by atoms with Gasteiger partial charge in [-0.2, -0.15) is 0 Å².